The number of fused-ring (bicyclic) bond motifs is 1. The minimum atomic E-state index is -0.985. The van der Waals surface area contributed by atoms with Gasteiger partial charge in [-0.15, -0.1) is 0 Å². The molecule has 27 heavy (non-hydrogen) atoms. The molecular formula is C20H18BrClN2O3. The number of morpholine rings is 1. The number of aromatic carboxylic acids is 1. The molecule has 7 heteroatoms. The fourth-order valence-corrected chi connectivity index (χ4v) is 4.24. The maximum Gasteiger partial charge on any atom is 0.355 e. The normalized spacial score (nSPS) is 14.7. The maximum atomic E-state index is 12.4. The van der Waals surface area contributed by atoms with E-state index in [-0.39, 0.29) is 5.69 Å². The number of carboxylic acid groups (broad SMARTS) is 1. The predicted octanol–water partition coefficient (Wildman–Crippen LogP) is 4.89. The number of aromatic nitrogens is 1. The summed E-state index contributed by atoms with van der Waals surface area (Å²) in [5.74, 6) is -0.985. The maximum absolute atomic E-state index is 12.4. The first-order valence-electron chi connectivity index (χ1n) is 8.64. The summed E-state index contributed by atoms with van der Waals surface area (Å²) in [7, 11) is 0. The van der Waals surface area contributed by atoms with Crippen LogP contribution in [-0.2, 0) is 4.74 Å². The van der Waals surface area contributed by atoms with E-state index in [1.807, 2.05) is 43.3 Å². The number of nitrogens with zero attached hydrogens (tertiary/aromatic N) is 2. The molecule has 4 rings (SSSR count). The summed E-state index contributed by atoms with van der Waals surface area (Å²) in [6.45, 7) is 4.31. The smallest absolute Gasteiger partial charge is 0.355 e. The molecule has 0 spiro atoms. The monoisotopic (exact) mass is 448 g/mol. The molecule has 1 saturated heterocycles. The van der Waals surface area contributed by atoms with E-state index in [0.717, 1.165) is 26.6 Å². The van der Waals surface area contributed by atoms with Gasteiger partial charge in [-0.2, -0.15) is 0 Å². The Balaban J connectivity index is 2.12. The van der Waals surface area contributed by atoms with Gasteiger partial charge in [0.15, 0.2) is 5.69 Å². The van der Waals surface area contributed by atoms with E-state index in [0.29, 0.717) is 37.0 Å². The van der Waals surface area contributed by atoms with Crippen molar-refractivity contribution in [2.75, 3.05) is 31.2 Å². The van der Waals surface area contributed by atoms with E-state index in [9.17, 15) is 9.90 Å². The van der Waals surface area contributed by atoms with Gasteiger partial charge in [0.25, 0.3) is 0 Å². The summed E-state index contributed by atoms with van der Waals surface area (Å²) in [6.07, 6.45) is 0. The third-order valence-electron chi connectivity index (χ3n) is 4.83. The van der Waals surface area contributed by atoms with Crippen molar-refractivity contribution in [3.8, 4) is 5.69 Å². The average molecular weight is 450 g/mol. The number of benzene rings is 2. The second-order valence-electron chi connectivity index (χ2n) is 6.51. The van der Waals surface area contributed by atoms with Gasteiger partial charge in [-0.25, -0.2) is 4.79 Å². The number of hydrogen-bond acceptors (Lipinski definition) is 3. The zero-order valence-electron chi connectivity index (χ0n) is 14.7. The van der Waals surface area contributed by atoms with Crippen LogP contribution in [0.25, 0.3) is 16.6 Å². The van der Waals surface area contributed by atoms with Gasteiger partial charge in [0.2, 0.25) is 0 Å². The van der Waals surface area contributed by atoms with Crippen molar-refractivity contribution >= 4 is 50.1 Å². The molecular weight excluding hydrogens is 432 g/mol. The predicted molar refractivity (Wildman–Crippen MR) is 111 cm³/mol. The lowest BCUT2D eigenvalue weighted by molar-refractivity contribution is 0.0688. The van der Waals surface area contributed by atoms with Crippen molar-refractivity contribution in [2.45, 2.75) is 6.92 Å². The third-order valence-corrected chi connectivity index (χ3v) is 5.82. The Morgan fingerprint density at radius 1 is 1.22 bits per heavy atom. The standard InChI is InChI=1S/C20H18BrClN2O3/c1-12-5-6-15-16(17(12)22)18(23-7-9-27-10-8-23)19(20(25)26)24(15)14-4-2-3-13(21)11-14/h2-6,11H,7-10H2,1H3,(H,25,26). The van der Waals surface area contributed by atoms with Crippen LogP contribution in [0.2, 0.25) is 5.02 Å². The van der Waals surface area contributed by atoms with Crippen LogP contribution < -0.4 is 4.90 Å². The summed E-state index contributed by atoms with van der Waals surface area (Å²) in [5, 5.41) is 11.5. The van der Waals surface area contributed by atoms with Crippen LogP contribution in [0.15, 0.2) is 40.9 Å². The molecule has 3 aromatic rings. The molecule has 1 aromatic heterocycles. The molecule has 0 unspecified atom stereocenters. The highest BCUT2D eigenvalue weighted by molar-refractivity contribution is 9.10. The summed E-state index contributed by atoms with van der Waals surface area (Å²) < 4.78 is 8.12. The van der Waals surface area contributed by atoms with E-state index in [4.69, 9.17) is 16.3 Å². The van der Waals surface area contributed by atoms with E-state index in [1.165, 1.54) is 0 Å². The van der Waals surface area contributed by atoms with Gasteiger partial charge in [0.1, 0.15) is 0 Å². The molecule has 1 N–H and O–H groups in total. The van der Waals surface area contributed by atoms with E-state index in [2.05, 4.69) is 20.8 Å². The number of hydrogen-bond donors (Lipinski definition) is 1. The van der Waals surface area contributed by atoms with Gasteiger partial charge in [0.05, 0.1) is 29.4 Å². The highest BCUT2D eigenvalue weighted by atomic mass is 79.9. The molecule has 0 atom stereocenters. The molecule has 0 bridgehead atoms. The minimum Gasteiger partial charge on any atom is -0.476 e. The van der Waals surface area contributed by atoms with Crippen LogP contribution >= 0.6 is 27.5 Å². The summed E-state index contributed by atoms with van der Waals surface area (Å²) in [4.78, 5) is 14.4. The number of anilines is 1. The lowest BCUT2D eigenvalue weighted by atomic mass is 10.1. The number of rotatable bonds is 3. The van der Waals surface area contributed by atoms with Crippen molar-refractivity contribution in [1.29, 1.82) is 0 Å². The first-order chi connectivity index (χ1) is 13.0. The fourth-order valence-electron chi connectivity index (χ4n) is 3.60. The lowest BCUT2D eigenvalue weighted by Crippen LogP contribution is -2.37. The van der Waals surface area contributed by atoms with E-state index >= 15 is 0 Å². The van der Waals surface area contributed by atoms with Crippen molar-refractivity contribution in [1.82, 2.24) is 4.57 Å². The van der Waals surface area contributed by atoms with Gasteiger partial charge < -0.3 is 19.3 Å². The second-order valence-corrected chi connectivity index (χ2v) is 7.80. The van der Waals surface area contributed by atoms with Gasteiger partial charge >= 0.3 is 5.97 Å². The number of aryl methyl sites for hydroxylation is 1. The quantitative estimate of drug-likeness (QED) is 0.618. The molecule has 0 aliphatic carbocycles. The highest BCUT2D eigenvalue weighted by Gasteiger charge is 2.30. The molecule has 0 radical (unpaired) electrons. The molecule has 1 fully saturated rings. The Labute approximate surface area is 170 Å². The topological polar surface area (TPSA) is 54.7 Å². The lowest BCUT2D eigenvalue weighted by Gasteiger charge is -2.29. The first kappa shape index (κ1) is 18.3. The molecule has 5 nitrogen and oxygen atoms in total. The number of halogens is 2. The molecule has 2 aromatic carbocycles. The minimum absolute atomic E-state index is 0.220. The zero-order valence-corrected chi connectivity index (χ0v) is 17.0. The average Bonchev–Trinajstić information content (AvgIpc) is 3.01. The van der Waals surface area contributed by atoms with Gasteiger partial charge in [0, 0.05) is 28.6 Å². The molecule has 2 heterocycles. The number of carboxylic acids is 1. The Bertz CT molecular complexity index is 1040. The van der Waals surface area contributed by atoms with E-state index in [1.54, 1.807) is 4.57 Å². The van der Waals surface area contributed by atoms with Crippen molar-refractivity contribution in [3.63, 3.8) is 0 Å². The second kappa shape index (κ2) is 7.19. The molecule has 1 aliphatic rings. The fraction of sp³-hybridized carbons (Fsp3) is 0.250. The van der Waals surface area contributed by atoms with Gasteiger partial charge in [-0.05, 0) is 36.8 Å². The van der Waals surface area contributed by atoms with Gasteiger partial charge in [-0.1, -0.05) is 39.7 Å². The summed E-state index contributed by atoms with van der Waals surface area (Å²) >= 11 is 10.2. The highest BCUT2D eigenvalue weighted by Crippen LogP contribution is 2.42. The van der Waals surface area contributed by atoms with Crippen LogP contribution in [0.5, 0.6) is 0 Å². The van der Waals surface area contributed by atoms with Gasteiger partial charge in [-0.3, -0.25) is 0 Å². The molecule has 0 saturated carbocycles. The Morgan fingerprint density at radius 2 is 1.96 bits per heavy atom. The first-order valence-corrected chi connectivity index (χ1v) is 9.81. The largest absolute Gasteiger partial charge is 0.476 e. The van der Waals surface area contributed by atoms with Crippen LogP contribution in [0.1, 0.15) is 16.1 Å². The molecule has 1 aliphatic heterocycles. The Hall–Kier alpha value is -2.02. The number of ether oxygens (including phenoxy) is 1. The van der Waals surface area contributed by atoms with E-state index < -0.39 is 5.97 Å². The van der Waals surface area contributed by atoms with Crippen molar-refractivity contribution in [3.05, 3.63) is 57.2 Å². The molecule has 0 amide bonds. The SMILES string of the molecule is Cc1ccc2c(c1Cl)c(N1CCOCC1)c(C(=O)O)n2-c1cccc(Br)c1. The summed E-state index contributed by atoms with van der Waals surface area (Å²) in [6, 6.07) is 11.5. The van der Waals surface area contributed by atoms with Crippen LogP contribution in [0.3, 0.4) is 0 Å². The zero-order chi connectivity index (χ0) is 19.1. The third kappa shape index (κ3) is 3.12. The van der Waals surface area contributed by atoms with Crippen LogP contribution in [-0.4, -0.2) is 41.9 Å². The Morgan fingerprint density at radius 3 is 2.63 bits per heavy atom. The summed E-state index contributed by atoms with van der Waals surface area (Å²) in [5.41, 5.74) is 3.35. The van der Waals surface area contributed by atoms with Crippen LogP contribution in [0.4, 0.5) is 5.69 Å². The van der Waals surface area contributed by atoms with Crippen molar-refractivity contribution < 1.29 is 14.6 Å². The Kier molecular flexibility index (Phi) is 4.88. The van der Waals surface area contributed by atoms with Crippen LogP contribution in [0, 0.1) is 6.92 Å². The number of carbonyl (C=O) groups is 1. The van der Waals surface area contributed by atoms with Crippen molar-refractivity contribution in [2.24, 2.45) is 0 Å². The molecule has 140 valence electrons.